The van der Waals surface area contributed by atoms with Crippen LogP contribution in [0, 0.1) is 11.6 Å². The lowest BCUT2D eigenvalue weighted by Crippen LogP contribution is -2.54. The lowest BCUT2D eigenvalue weighted by molar-refractivity contribution is -0.130. The Balaban J connectivity index is 0.000000193. The standard InChI is InChI=1S/C27H31ClFN3O3.C22H23ClFN3O/c1-27(2,3)35-26(34)30-24-14-20(28)8-6-19(24)7-13-25(33)31-16-22-11-12-23(17-31)32(22)15-18-4-9-21(29)10-5-18;23-17-5-3-16(21(25)11-17)4-10-22(28)26-13-19-8-9-20(14-26)27(19)12-15-1-6-18(24)7-2-15/h4-10,13-14,22-23H,11-12,15-17H2,1-3H3,(H,30,34);1-7,10-11,19-20H,8-9,12-14,25H2/b13-7+;10-4+. The average molecular weight is 900 g/mol. The van der Waals surface area contributed by atoms with Crippen LogP contribution in [0.5, 0.6) is 0 Å². The lowest BCUT2D eigenvalue weighted by Gasteiger charge is -2.40. The molecule has 0 aliphatic carbocycles. The molecule has 4 bridgehead atoms. The first-order valence-electron chi connectivity index (χ1n) is 21.4. The van der Waals surface area contributed by atoms with Crippen molar-refractivity contribution in [3.05, 3.63) is 141 Å². The van der Waals surface area contributed by atoms with E-state index in [0.717, 1.165) is 68.6 Å². The van der Waals surface area contributed by atoms with Gasteiger partial charge in [0.1, 0.15) is 17.2 Å². The predicted octanol–water partition coefficient (Wildman–Crippen LogP) is 9.66. The number of hydrogen-bond acceptors (Lipinski definition) is 7. The molecular weight excluding hydrogens is 845 g/mol. The van der Waals surface area contributed by atoms with Crippen LogP contribution in [0.2, 0.25) is 10.0 Å². The van der Waals surface area contributed by atoms with Crippen molar-refractivity contribution in [1.82, 2.24) is 19.6 Å². The van der Waals surface area contributed by atoms with Crippen molar-refractivity contribution < 1.29 is 27.9 Å². The summed E-state index contributed by atoms with van der Waals surface area (Å²) in [5.74, 6) is -0.506. The summed E-state index contributed by atoms with van der Waals surface area (Å²) in [6.45, 7) is 9.68. The molecule has 4 aliphatic rings. The van der Waals surface area contributed by atoms with Gasteiger partial charge in [-0.15, -0.1) is 0 Å². The van der Waals surface area contributed by atoms with Crippen molar-refractivity contribution in [3.63, 3.8) is 0 Å². The number of halogens is 4. The zero-order valence-electron chi connectivity index (χ0n) is 35.8. The van der Waals surface area contributed by atoms with Crippen molar-refractivity contribution in [3.8, 4) is 0 Å². The molecule has 0 aromatic heterocycles. The first-order valence-corrected chi connectivity index (χ1v) is 22.1. The molecule has 4 aromatic carbocycles. The van der Waals surface area contributed by atoms with Crippen LogP contribution in [0.25, 0.3) is 12.2 Å². The zero-order valence-corrected chi connectivity index (χ0v) is 37.3. The van der Waals surface area contributed by atoms with Crippen LogP contribution in [0.15, 0.2) is 97.1 Å². The van der Waals surface area contributed by atoms with E-state index >= 15 is 0 Å². The van der Waals surface area contributed by atoms with E-state index in [1.54, 1.807) is 75.4 Å². The van der Waals surface area contributed by atoms with E-state index < -0.39 is 11.7 Å². The number of ether oxygens (including phenoxy) is 1. The number of nitrogen functional groups attached to an aromatic ring is 1. The number of nitrogens with zero attached hydrogens (tertiary/aromatic N) is 4. The molecule has 332 valence electrons. The Hall–Kier alpha value is -5.27. The van der Waals surface area contributed by atoms with Crippen LogP contribution in [-0.4, -0.2) is 93.5 Å². The molecule has 3 N–H and O–H groups in total. The van der Waals surface area contributed by atoms with Crippen molar-refractivity contribution in [2.75, 3.05) is 37.2 Å². The highest BCUT2D eigenvalue weighted by Crippen LogP contribution is 2.34. The van der Waals surface area contributed by atoms with E-state index in [2.05, 4.69) is 15.1 Å². The molecule has 0 saturated carbocycles. The molecule has 10 nitrogen and oxygen atoms in total. The quantitative estimate of drug-likeness (QED) is 0.127. The second kappa shape index (κ2) is 20.1. The van der Waals surface area contributed by atoms with Gasteiger partial charge in [-0.05, 0) is 129 Å². The summed E-state index contributed by atoms with van der Waals surface area (Å²) in [6, 6.07) is 24.9. The molecule has 4 aliphatic heterocycles. The van der Waals surface area contributed by atoms with Crippen LogP contribution in [0.4, 0.5) is 25.0 Å². The Morgan fingerprint density at radius 1 is 0.667 bits per heavy atom. The maximum absolute atomic E-state index is 13.2. The van der Waals surface area contributed by atoms with Gasteiger partial charge in [0, 0.05) is 91.3 Å². The van der Waals surface area contributed by atoms with E-state index in [1.807, 2.05) is 40.1 Å². The fraction of sp³-hybridized carbons (Fsp3) is 0.367. The van der Waals surface area contributed by atoms with Crippen molar-refractivity contribution in [2.45, 2.75) is 89.3 Å². The molecule has 63 heavy (non-hydrogen) atoms. The number of hydrogen-bond donors (Lipinski definition) is 2. The van der Waals surface area contributed by atoms with Gasteiger partial charge in [-0.25, -0.2) is 13.6 Å². The van der Waals surface area contributed by atoms with Crippen LogP contribution in [0.3, 0.4) is 0 Å². The predicted molar refractivity (Wildman–Crippen MR) is 246 cm³/mol. The molecule has 4 atom stereocenters. The Kier molecular flexibility index (Phi) is 14.6. The number of fused-ring (bicyclic) bond motifs is 4. The van der Waals surface area contributed by atoms with Gasteiger partial charge in [0.2, 0.25) is 11.8 Å². The molecule has 14 heteroatoms. The first kappa shape index (κ1) is 45.7. The molecule has 3 amide bonds. The molecule has 4 aromatic rings. The van der Waals surface area contributed by atoms with E-state index in [0.29, 0.717) is 52.2 Å². The minimum atomic E-state index is -0.632. The summed E-state index contributed by atoms with van der Waals surface area (Å²) >= 11 is 12.0. The van der Waals surface area contributed by atoms with Gasteiger partial charge < -0.3 is 20.3 Å². The molecule has 0 radical (unpaired) electrons. The number of carbonyl (C=O) groups is 3. The topological polar surface area (TPSA) is 111 Å². The summed E-state index contributed by atoms with van der Waals surface area (Å²) in [6.07, 6.45) is 10.2. The third-order valence-corrected chi connectivity index (χ3v) is 12.4. The number of rotatable bonds is 9. The van der Waals surface area contributed by atoms with E-state index in [9.17, 15) is 23.2 Å². The minimum Gasteiger partial charge on any atom is -0.444 e. The van der Waals surface area contributed by atoms with Gasteiger partial charge in [-0.3, -0.25) is 24.7 Å². The molecule has 4 heterocycles. The van der Waals surface area contributed by atoms with E-state index in [1.165, 1.54) is 24.3 Å². The zero-order chi connectivity index (χ0) is 44.8. The first-order chi connectivity index (χ1) is 30.1. The van der Waals surface area contributed by atoms with Gasteiger partial charge in [0.25, 0.3) is 0 Å². The smallest absolute Gasteiger partial charge is 0.412 e. The van der Waals surface area contributed by atoms with Crippen molar-refractivity contribution >= 4 is 64.6 Å². The van der Waals surface area contributed by atoms with Crippen LogP contribution in [0.1, 0.15) is 68.7 Å². The molecule has 0 spiro atoms. The van der Waals surface area contributed by atoms with Crippen molar-refractivity contribution in [1.29, 1.82) is 0 Å². The Morgan fingerprint density at radius 2 is 1.08 bits per heavy atom. The number of carbonyl (C=O) groups excluding carboxylic acids is 3. The lowest BCUT2D eigenvalue weighted by atomic mass is 10.1. The number of likely N-dealkylation sites (tertiary alicyclic amines) is 2. The van der Waals surface area contributed by atoms with Gasteiger partial charge in [-0.2, -0.15) is 0 Å². The van der Waals surface area contributed by atoms with Gasteiger partial charge in [-0.1, -0.05) is 59.6 Å². The number of amides is 3. The number of nitrogens with one attached hydrogen (secondary N) is 1. The van der Waals surface area contributed by atoms with Crippen LogP contribution >= 0.6 is 23.2 Å². The number of nitrogens with two attached hydrogens (primary N) is 1. The average Bonchev–Trinajstić information content (AvgIpc) is 3.58. The van der Waals surface area contributed by atoms with Crippen LogP contribution in [-0.2, 0) is 27.4 Å². The third-order valence-electron chi connectivity index (χ3n) is 12.0. The van der Waals surface area contributed by atoms with Crippen molar-refractivity contribution in [2.24, 2.45) is 0 Å². The SMILES string of the molecule is CC(C)(C)OC(=O)Nc1cc(Cl)ccc1/C=C/C(=O)N1CC2CCC(C1)N2Cc1ccc(F)cc1.Nc1cc(Cl)ccc1/C=C/C(=O)N1CC2CCC(C1)N2Cc1ccc(F)cc1. The fourth-order valence-electron chi connectivity index (χ4n) is 8.88. The van der Waals surface area contributed by atoms with Gasteiger partial charge in [0.05, 0.1) is 5.69 Å². The normalized spacial score (nSPS) is 21.1. The van der Waals surface area contributed by atoms with Gasteiger partial charge >= 0.3 is 6.09 Å². The number of anilines is 2. The summed E-state index contributed by atoms with van der Waals surface area (Å²) in [7, 11) is 0. The Labute approximate surface area is 378 Å². The third kappa shape index (κ3) is 12.3. The highest BCUT2D eigenvalue weighted by molar-refractivity contribution is 6.31. The van der Waals surface area contributed by atoms with Gasteiger partial charge in [0.15, 0.2) is 0 Å². The largest absolute Gasteiger partial charge is 0.444 e. The highest BCUT2D eigenvalue weighted by Gasteiger charge is 2.42. The fourth-order valence-corrected chi connectivity index (χ4v) is 9.24. The summed E-state index contributed by atoms with van der Waals surface area (Å²) in [5, 5.41) is 3.76. The minimum absolute atomic E-state index is 0.00711. The molecule has 4 unspecified atom stereocenters. The second-order valence-electron chi connectivity index (χ2n) is 17.7. The highest BCUT2D eigenvalue weighted by atomic mass is 35.5. The molecule has 8 rings (SSSR count). The Morgan fingerprint density at radius 3 is 1.51 bits per heavy atom. The Bertz CT molecular complexity index is 2310. The summed E-state index contributed by atoms with van der Waals surface area (Å²) < 4.78 is 31.7. The maximum atomic E-state index is 13.2. The van der Waals surface area contributed by atoms with E-state index in [4.69, 9.17) is 33.7 Å². The number of piperazine rings is 2. The summed E-state index contributed by atoms with van der Waals surface area (Å²) in [4.78, 5) is 46.6. The molecule has 4 saturated heterocycles. The van der Waals surface area contributed by atoms with E-state index in [-0.39, 0.29) is 35.5 Å². The maximum Gasteiger partial charge on any atom is 0.412 e. The summed E-state index contributed by atoms with van der Waals surface area (Å²) in [5.41, 5.74) is 9.98. The second-order valence-corrected chi connectivity index (χ2v) is 18.5. The molecule has 4 fully saturated rings. The molecular formula is C49H54Cl2F2N6O4. The monoisotopic (exact) mass is 898 g/mol. The van der Waals surface area contributed by atoms with Crippen LogP contribution < -0.4 is 11.1 Å². The number of benzene rings is 4.